The van der Waals surface area contributed by atoms with Crippen molar-refractivity contribution in [2.24, 2.45) is 0 Å². The fourth-order valence-electron chi connectivity index (χ4n) is 3.58. The number of aryl methyl sites for hydroxylation is 1. The van der Waals surface area contributed by atoms with Crippen molar-refractivity contribution in [3.05, 3.63) is 58.5 Å². The Morgan fingerprint density at radius 1 is 1.34 bits per heavy atom. The van der Waals surface area contributed by atoms with E-state index in [0.29, 0.717) is 49.2 Å². The lowest BCUT2D eigenvalue weighted by Gasteiger charge is -2.27. The summed E-state index contributed by atoms with van der Waals surface area (Å²) in [5.41, 5.74) is 0.743. The molecule has 3 rings (SSSR count). The molecule has 3 N–H and O–H groups in total. The van der Waals surface area contributed by atoms with Crippen molar-refractivity contribution in [2.75, 3.05) is 20.2 Å². The van der Waals surface area contributed by atoms with E-state index >= 15 is 0 Å². The normalized spacial score (nSPS) is 20.2. The first-order chi connectivity index (χ1) is 13.8. The Balaban J connectivity index is 1.83. The molecule has 1 aliphatic heterocycles. The number of methoxy groups -OCH3 is 1. The maximum absolute atomic E-state index is 13.3. The molecule has 0 bridgehead atoms. The lowest BCUT2D eigenvalue weighted by molar-refractivity contribution is -0.0935. The molecule has 29 heavy (non-hydrogen) atoms. The zero-order chi connectivity index (χ0) is 21.0. The molecule has 8 heteroatoms. The number of carbonyl (C=O) groups excluding carboxylic acids is 1. The van der Waals surface area contributed by atoms with Crippen molar-refractivity contribution in [1.29, 1.82) is 0 Å². The number of nitrogens with one attached hydrogen (secondary N) is 1. The lowest BCUT2D eigenvalue weighted by atomic mass is 9.89. The zero-order valence-corrected chi connectivity index (χ0v) is 16.6. The van der Waals surface area contributed by atoms with Crippen LogP contribution >= 0.6 is 0 Å². The molecule has 0 spiro atoms. The van der Waals surface area contributed by atoms with Gasteiger partial charge in [-0.05, 0) is 55.5 Å². The van der Waals surface area contributed by atoms with Crippen molar-refractivity contribution in [3.8, 4) is 5.88 Å². The van der Waals surface area contributed by atoms with Crippen LogP contribution in [0.15, 0.2) is 30.3 Å². The number of amides is 1. The summed E-state index contributed by atoms with van der Waals surface area (Å²) in [7, 11) is 1.42. The third kappa shape index (κ3) is 4.90. The van der Waals surface area contributed by atoms with E-state index in [-0.39, 0.29) is 23.8 Å². The molecule has 156 valence electrons. The monoisotopic (exact) mass is 403 g/mol. The minimum Gasteiger partial charge on any atom is -0.480 e. The van der Waals surface area contributed by atoms with Gasteiger partial charge in [0, 0.05) is 19.6 Å². The molecule has 1 amide bonds. The van der Waals surface area contributed by atoms with E-state index in [4.69, 9.17) is 4.74 Å². The molecule has 0 radical (unpaired) electrons. The summed E-state index contributed by atoms with van der Waals surface area (Å²) in [5, 5.41) is 24.8. The largest absolute Gasteiger partial charge is 0.480 e. The van der Waals surface area contributed by atoms with E-state index in [1.54, 1.807) is 25.1 Å². The van der Waals surface area contributed by atoms with Gasteiger partial charge in [-0.1, -0.05) is 12.1 Å². The van der Waals surface area contributed by atoms with E-state index < -0.39 is 11.5 Å². The van der Waals surface area contributed by atoms with Crippen LogP contribution in [0.5, 0.6) is 5.88 Å². The SMILES string of the molecule is COc1nc(C2(O)CCCN(O)CC2)cc(C)c1C(=O)NCc1cccc(F)c1. The van der Waals surface area contributed by atoms with Crippen LogP contribution in [0.2, 0.25) is 0 Å². The van der Waals surface area contributed by atoms with E-state index in [1.807, 2.05) is 0 Å². The topological polar surface area (TPSA) is 94.9 Å². The second kappa shape index (κ2) is 8.86. The Bertz CT molecular complexity index is 892. The van der Waals surface area contributed by atoms with Gasteiger partial charge in [-0.25, -0.2) is 9.37 Å². The van der Waals surface area contributed by atoms with Crippen molar-refractivity contribution in [1.82, 2.24) is 15.4 Å². The number of rotatable bonds is 5. The van der Waals surface area contributed by atoms with Crippen molar-refractivity contribution in [3.63, 3.8) is 0 Å². The number of pyridine rings is 1. The Morgan fingerprint density at radius 3 is 2.86 bits per heavy atom. The molecule has 2 aromatic rings. The molecule has 1 aromatic heterocycles. The third-order valence-corrected chi connectivity index (χ3v) is 5.21. The molecule has 2 heterocycles. The quantitative estimate of drug-likeness (QED) is 0.710. The number of aromatic nitrogens is 1. The Labute approximate surface area is 169 Å². The van der Waals surface area contributed by atoms with E-state index in [0.717, 1.165) is 0 Å². The first-order valence-corrected chi connectivity index (χ1v) is 9.57. The number of hydroxylamine groups is 2. The van der Waals surface area contributed by atoms with Gasteiger partial charge in [0.15, 0.2) is 0 Å². The van der Waals surface area contributed by atoms with Gasteiger partial charge in [0.25, 0.3) is 5.91 Å². The highest BCUT2D eigenvalue weighted by atomic mass is 19.1. The van der Waals surface area contributed by atoms with Gasteiger partial charge in [-0.3, -0.25) is 4.79 Å². The standard InChI is InChI=1S/C21H26FN3O4/c1-14-11-17(21(27)7-4-9-25(28)10-8-21)24-20(29-2)18(14)19(26)23-13-15-5-3-6-16(22)12-15/h3,5-6,11-12,27-28H,4,7-10,13H2,1-2H3,(H,23,26). The van der Waals surface area contributed by atoms with Crippen LogP contribution in [0.25, 0.3) is 0 Å². The number of aliphatic hydroxyl groups is 1. The Kier molecular flexibility index (Phi) is 6.46. The third-order valence-electron chi connectivity index (χ3n) is 5.21. The number of nitrogens with zero attached hydrogens (tertiary/aromatic N) is 2. The molecule has 1 aliphatic rings. The fourth-order valence-corrected chi connectivity index (χ4v) is 3.58. The van der Waals surface area contributed by atoms with Gasteiger partial charge >= 0.3 is 0 Å². The van der Waals surface area contributed by atoms with Crippen LogP contribution in [0, 0.1) is 12.7 Å². The highest BCUT2D eigenvalue weighted by molar-refractivity contribution is 5.97. The molecular weight excluding hydrogens is 377 g/mol. The van der Waals surface area contributed by atoms with Gasteiger partial charge < -0.3 is 20.4 Å². The average Bonchev–Trinajstić information content (AvgIpc) is 2.87. The van der Waals surface area contributed by atoms with Gasteiger partial charge in [0.05, 0.1) is 12.8 Å². The summed E-state index contributed by atoms with van der Waals surface area (Å²) in [5.74, 6) is -0.637. The van der Waals surface area contributed by atoms with E-state index in [2.05, 4.69) is 10.3 Å². The Hall–Kier alpha value is -2.55. The first-order valence-electron chi connectivity index (χ1n) is 9.57. The molecule has 1 saturated heterocycles. The number of benzene rings is 1. The number of hydrogen-bond donors (Lipinski definition) is 3. The van der Waals surface area contributed by atoms with Gasteiger partial charge in [-0.2, -0.15) is 5.06 Å². The predicted octanol–water partition coefficient (Wildman–Crippen LogP) is 2.53. The highest BCUT2D eigenvalue weighted by Crippen LogP contribution is 2.34. The Morgan fingerprint density at radius 2 is 2.14 bits per heavy atom. The minimum atomic E-state index is -1.20. The summed E-state index contributed by atoms with van der Waals surface area (Å²) in [6.45, 7) is 2.73. The highest BCUT2D eigenvalue weighted by Gasteiger charge is 2.35. The van der Waals surface area contributed by atoms with E-state index in [9.17, 15) is 19.5 Å². The molecule has 0 aliphatic carbocycles. The number of carbonyl (C=O) groups is 1. The first kappa shape index (κ1) is 21.2. The van der Waals surface area contributed by atoms with Gasteiger partial charge in [-0.15, -0.1) is 0 Å². The summed E-state index contributed by atoms with van der Waals surface area (Å²) in [4.78, 5) is 17.2. The van der Waals surface area contributed by atoms with Crippen molar-refractivity contribution < 1.29 is 24.2 Å². The van der Waals surface area contributed by atoms with Crippen LogP contribution in [-0.2, 0) is 12.1 Å². The number of ether oxygens (including phenoxy) is 1. The van der Waals surface area contributed by atoms with Crippen molar-refractivity contribution in [2.45, 2.75) is 38.3 Å². The van der Waals surface area contributed by atoms with Crippen LogP contribution in [0.3, 0.4) is 0 Å². The maximum atomic E-state index is 13.3. The molecule has 1 atom stereocenters. The van der Waals surface area contributed by atoms with Crippen LogP contribution in [-0.4, -0.2) is 46.5 Å². The van der Waals surface area contributed by atoms with Crippen LogP contribution < -0.4 is 10.1 Å². The van der Waals surface area contributed by atoms with Crippen molar-refractivity contribution >= 4 is 5.91 Å². The minimum absolute atomic E-state index is 0.121. The molecule has 1 aromatic carbocycles. The van der Waals surface area contributed by atoms with Crippen LogP contribution in [0.4, 0.5) is 4.39 Å². The molecule has 7 nitrogen and oxygen atoms in total. The summed E-state index contributed by atoms with van der Waals surface area (Å²) in [6, 6.07) is 7.69. The molecule has 0 saturated carbocycles. The zero-order valence-electron chi connectivity index (χ0n) is 16.6. The average molecular weight is 403 g/mol. The summed E-state index contributed by atoms with van der Waals surface area (Å²) < 4.78 is 18.7. The number of hydrogen-bond acceptors (Lipinski definition) is 6. The lowest BCUT2D eigenvalue weighted by Crippen LogP contribution is -2.30. The summed E-state index contributed by atoms with van der Waals surface area (Å²) >= 11 is 0. The second-order valence-corrected chi connectivity index (χ2v) is 7.36. The maximum Gasteiger partial charge on any atom is 0.257 e. The van der Waals surface area contributed by atoms with Crippen LogP contribution in [0.1, 0.15) is 46.4 Å². The number of halogens is 1. The molecule has 1 unspecified atom stereocenters. The molecule has 1 fully saturated rings. The smallest absolute Gasteiger partial charge is 0.257 e. The van der Waals surface area contributed by atoms with Gasteiger partial charge in [0.2, 0.25) is 5.88 Å². The second-order valence-electron chi connectivity index (χ2n) is 7.36. The molecular formula is C21H26FN3O4. The summed E-state index contributed by atoms with van der Waals surface area (Å²) in [6.07, 6.45) is 1.39. The predicted molar refractivity (Wildman–Crippen MR) is 104 cm³/mol. The van der Waals surface area contributed by atoms with Gasteiger partial charge in [0.1, 0.15) is 17.0 Å². The van der Waals surface area contributed by atoms with E-state index in [1.165, 1.54) is 24.3 Å². The fraction of sp³-hybridized carbons (Fsp3) is 0.429.